The number of hydrogen-bond acceptors (Lipinski definition) is 4. The molecule has 3 aromatic rings. The molecule has 0 bridgehead atoms. The van der Waals surface area contributed by atoms with Crippen molar-refractivity contribution in [2.45, 2.75) is 50.9 Å². The number of aromatic nitrogens is 2. The van der Waals surface area contributed by atoms with E-state index < -0.39 is 24.5 Å². The van der Waals surface area contributed by atoms with E-state index in [-0.39, 0.29) is 37.4 Å². The van der Waals surface area contributed by atoms with Crippen molar-refractivity contribution in [3.8, 4) is 0 Å². The zero-order valence-electron chi connectivity index (χ0n) is 22.7. The van der Waals surface area contributed by atoms with Gasteiger partial charge in [-0.15, -0.1) is 0 Å². The third-order valence-corrected chi connectivity index (χ3v) is 8.81. The number of aromatic amines is 1. The maximum Gasteiger partial charge on any atom is 0.406 e. The first kappa shape index (κ1) is 28.3. The second-order valence-corrected chi connectivity index (χ2v) is 11.6. The molecule has 0 unspecified atom stereocenters. The monoisotopic (exact) mass is 602 g/mol. The van der Waals surface area contributed by atoms with Gasteiger partial charge in [-0.1, -0.05) is 29.8 Å². The van der Waals surface area contributed by atoms with E-state index in [0.29, 0.717) is 59.7 Å². The van der Waals surface area contributed by atoms with Crippen molar-refractivity contribution >= 4 is 46.2 Å². The van der Waals surface area contributed by atoms with Crippen LogP contribution in [0.5, 0.6) is 0 Å². The Hall–Kier alpha value is -3.80. The largest absolute Gasteiger partial charge is 0.406 e. The summed E-state index contributed by atoms with van der Waals surface area (Å²) in [4.78, 5) is 51.1. The summed E-state index contributed by atoms with van der Waals surface area (Å²) in [7, 11) is 0. The van der Waals surface area contributed by atoms with Crippen LogP contribution in [0, 0.1) is 5.92 Å². The van der Waals surface area contributed by atoms with Crippen LogP contribution in [0.4, 0.5) is 23.7 Å². The predicted octanol–water partition coefficient (Wildman–Crippen LogP) is 4.75. The number of fused-ring (bicyclic) bond motifs is 4. The van der Waals surface area contributed by atoms with Crippen LogP contribution < -0.4 is 5.32 Å². The van der Waals surface area contributed by atoms with Crippen LogP contribution in [0.2, 0.25) is 5.02 Å². The molecule has 42 heavy (non-hydrogen) atoms. The molecule has 0 spiro atoms. The van der Waals surface area contributed by atoms with Crippen LogP contribution in [0.25, 0.3) is 11.0 Å². The Morgan fingerprint density at radius 3 is 2.62 bits per heavy atom. The first-order chi connectivity index (χ1) is 20.1. The van der Waals surface area contributed by atoms with Gasteiger partial charge >= 0.3 is 12.2 Å². The Balaban J connectivity index is 1.15. The van der Waals surface area contributed by atoms with Crippen molar-refractivity contribution in [1.82, 2.24) is 24.7 Å². The van der Waals surface area contributed by atoms with Crippen LogP contribution in [-0.2, 0) is 29.0 Å². The zero-order valence-corrected chi connectivity index (χ0v) is 23.5. The van der Waals surface area contributed by atoms with Crippen molar-refractivity contribution < 1.29 is 27.6 Å². The summed E-state index contributed by atoms with van der Waals surface area (Å²) in [5.74, 6) is -1.97. The number of para-hydroxylation sites is 1. The average molecular weight is 603 g/mol. The van der Waals surface area contributed by atoms with Crippen molar-refractivity contribution in [2.75, 3.05) is 31.5 Å². The Morgan fingerprint density at radius 1 is 1.10 bits per heavy atom. The lowest BCUT2D eigenvalue weighted by Crippen LogP contribution is -2.50. The highest BCUT2D eigenvalue weighted by atomic mass is 35.5. The molecule has 0 saturated carbocycles. The van der Waals surface area contributed by atoms with Gasteiger partial charge in [0.05, 0.1) is 22.8 Å². The molecule has 0 aliphatic carbocycles. The van der Waals surface area contributed by atoms with Gasteiger partial charge in [-0.3, -0.25) is 9.59 Å². The van der Waals surface area contributed by atoms with E-state index in [1.54, 1.807) is 11.0 Å². The average Bonchev–Trinajstić information content (AvgIpc) is 3.34. The maximum atomic E-state index is 13.5. The third-order valence-electron chi connectivity index (χ3n) is 8.52. The fraction of sp³-hybridized carbons (Fsp3) is 0.448. The number of imidazole rings is 1. The first-order valence-corrected chi connectivity index (χ1v) is 14.4. The fourth-order valence-electron chi connectivity index (χ4n) is 6.43. The van der Waals surface area contributed by atoms with Gasteiger partial charge in [0.25, 0.3) is 0 Å². The molecule has 0 radical (unpaired) electrons. The SMILES string of the molecule is O=C(C[C@@H]1Cc2cc(Cl)c3nc[nH]c3c2CN(CC(F)(F)F)C1=O)N1CCC(N2CCc3ccccc3NC2=O)CC1. The van der Waals surface area contributed by atoms with Crippen molar-refractivity contribution in [1.29, 1.82) is 0 Å². The summed E-state index contributed by atoms with van der Waals surface area (Å²) in [5.41, 5.74) is 3.95. The lowest BCUT2D eigenvalue weighted by Gasteiger charge is -2.38. The number of carbonyl (C=O) groups excluding carboxylic acids is 3. The molecule has 1 saturated heterocycles. The molecule has 1 aromatic heterocycles. The number of nitrogens with zero attached hydrogens (tertiary/aromatic N) is 4. The fourth-order valence-corrected chi connectivity index (χ4v) is 6.71. The number of alkyl halides is 3. The standard InChI is InChI=1S/C29H30ClF3N6O3/c30-22-12-18-11-19(27(41)38(15-29(31,32)33)14-21(18)25-26(22)35-16-34-25)13-24(40)37-8-6-20(7-9-37)39-10-5-17-3-1-2-4-23(17)36-28(39)42/h1-4,12,16,19-20H,5-11,13-15H2,(H,34,35)(H,36,42)/t19-/m0/s1. The Morgan fingerprint density at radius 2 is 1.86 bits per heavy atom. The van der Waals surface area contributed by atoms with E-state index in [9.17, 15) is 27.6 Å². The number of halogens is 4. The highest BCUT2D eigenvalue weighted by Gasteiger charge is 2.40. The number of hydrogen-bond donors (Lipinski definition) is 2. The van der Waals surface area contributed by atoms with Gasteiger partial charge in [0.15, 0.2) is 0 Å². The highest BCUT2D eigenvalue weighted by molar-refractivity contribution is 6.35. The van der Waals surface area contributed by atoms with Gasteiger partial charge in [-0.25, -0.2) is 9.78 Å². The Kier molecular flexibility index (Phi) is 7.50. The summed E-state index contributed by atoms with van der Waals surface area (Å²) >= 11 is 6.40. The topological polar surface area (TPSA) is 102 Å². The molecule has 4 amide bonds. The van der Waals surface area contributed by atoms with E-state index >= 15 is 0 Å². The summed E-state index contributed by atoms with van der Waals surface area (Å²) in [6.07, 6.45) is -1.44. The molecule has 4 heterocycles. The summed E-state index contributed by atoms with van der Waals surface area (Å²) in [6, 6.07) is 9.13. The highest BCUT2D eigenvalue weighted by Crippen LogP contribution is 2.35. The maximum absolute atomic E-state index is 13.5. The molecule has 3 aliphatic rings. The van der Waals surface area contributed by atoms with Gasteiger partial charge in [0, 0.05) is 49.9 Å². The van der Waals surface area contributed by atoms with Gasteiger partial charge in [-0.05, 0) is 48.9 Å². The van der Waals surface area contributed by atoms with Crippen molar-refractivity contribution in [3.63, 3.8) is 0 Å². The van der Waals surface area contributed by atoms with Crippen molar-refractivity contribution in [2.24, 2.45) is 5.92 Å². The molecule has 3 aliphatic heterocycles. The minimum atomic E-state index is -4.60. The molecule has 2 aromatic carbocycles. The van der Waals surface area contributed by atoms with Crippen LogP contribution in [0.1, 0.15) is 36.0 Å². The van der Waals surface area contributed by atoms with Gasteiger partial charge in [0.2, 0.25) is 11.8 Å². The summed E-state index contributed by atoms with van der Waals surface area (Å²) in [5, 5.41) is 3.31. The normalized spacial score (nSPS) is 20.2. The molecule has 2 N–H and O–H groups in total. The minimum Gasteiger partial charge on any atom is -0.344 e. The van der Waals surface area contributed by atoms with Gasteiger partial charge < -0.3 is 25.0 Å². The number of rotatable bonds is 4. The number of likely N-dealkylation sites (tertiary alicyclic amines) is 1. The van der Waals surface area contributed by atoms with Crippen LogP contribution in [0.3, 0.4) is 0 Å². The molecule has 6 rings (SSSR count). The van der Waals surface area contributed by atoms with Gasteiger partial charge in [-0.2, -0.15) is 13.2 Å². The predicted molar refractivity (Wildman–Crippen MR) is 150 cm³/mol. The quantitative estimate of drug-likeness (QED) is 0.450. The molecule has 9 nitrogen and oxygen atoms in total. The third kappa shape index (κ3) is 5.64. The number of H-pyrrole nitrogens is 1. The molecule has 1 atom stereocenters. The van der Waals surface area contributed by atoms with Crippen LogP contribution >= 0.6 is 11.6 Å². The molecular weight excluding hydrogens is 573 g/mol. The Labute approximate surface area is 245 Å². The number of urea groups is 1. The van der Waals surface area contributed by atoms with Crippen molar-refractivity contribution in [3.05, 3.63) is 58.4 Å². The van der Waals surface area contributed by atoms with E-state index in [1.165, 1.54) is 6.33 Å². The lowest BCUT2D eigenvalue weighted by molar-refractivity contribution is -0.165. The second kappa shape index (κ2) is 11.1. The molecule has 1 fully saturated rings. The number of amides is 4. The summed E-state index contributed by atoms with van der Waals surface area (Å²) in [6.45, 7) is -0.323. The number of carbonyl (C=O) groups is 3. The lowest BCUT2D eigenvalue weighted by atomic mass is 9.92. The smallest absolute Gasteiger partial charge is 0.344 e. The minimum absolute atomic E-state index is 0.0454. The second-order valence-electron chi connectivity index (χ2n) is 11.2. The Bertz CT molecular complexity index is 1530. The van der Waals surface area contributed by atoms with E-state index in [0.717, 1.165) is 22.6 Å². The van der Waals surface area contributed by atoms with Crippen LogP contribution in [-0.4, -0.2) is 80.9 Å². The first-order valence-electron chi connectivity index (χ1n) is 14.0. The molecule has 13 heteroatoms. The van der Waals surface area contributed by atoms with Gasteiger partial charge in [0.1, 0.15) is 12.1 Å². The number of nitrogens with one attached hydrogen (secondary N) is 2. The van der Waals surface area contributed by atoms with Crippen LogP contribution in [0.15, 0.2) is 36.7 Å². The molecular formula is C29H30ClF3N6O3. The van der Waals surface area contributed by atoms with E-state index in [1.807, 2.05) is 29.2 Å². The zero-order chi connectivity index (χ0) is 29.6. The number of piperidine rings is 1. The number of benzene rings is 2. The van der Waals surface area contributed by atoms with E-state index in [2.05, 4.69) is 15.3 Å². The van der Waals surface area contributed by atoms with E-state index in [4.69, 9.17) is 11.6 Å². The number of anilines is 1. The molecule has 222 valence electrons. The summed E-state index contributed by atoms with van der Waals surface area (Å²) < 4.78 is 40.5.